The molecule has 182 valence electrons. The fourth-order valence-electron chi connectivity index (χ4n) is 6.31. The van der Waals surface area contributed by atoms with Crippen LogP contribution in [-0.2, 0) is 17.6 Å². The molecule has 4 heteroatoms. The van der Waals surface area contributed by atoms with Gasteiger partial charge in [0.15, 0.2) is 5.78 Å². The summed E-state index contributed by atoms with van der Waals surface area (Å²) >= 11 is 0. The van der Waals surface area contributed by atoms with Crippen LogP contribution in [0.5, 0.6) is 5.75 Å². The number of ether oxygens (including phenoxy) is 2. The molecular formula is C31H34O4. The zero-order chi connectivity index (χ0) is 24.4. The number of hydrogen-bond acceptors (Lipinski definition) is 4. The molecule has 2 aliphatic rings. The maximum Gasteiger partial charge on any atom is 0.337 e. The fourth-order valence-corrected chi connectivity index (χ4v) is 6.31. The molecule has 0 N–H and O–H groups in total. The SMILES string of the molecule is COC(=O)c1ccc2c(c1)CC1(CCC(Cc3ccccc3)CC1)C(c1ccc(OC)cc1)C2=O.[HH]. The van der Waals surface area contributed by atoms with Crippen LogP contribution in [0.1, 0.15) is 70.4 Å². The summed E-state index contributed by atoms with van der Waals surface area (Å²) < 4.78 is 10.3. The van der Waals surface area contributed by atoms with E-state index < -0.39 is 0 Å². The van der Waals surface area contributed by atoms with Crippen LogP contribution in [0.15, 0.2) is 72.8 Å². The highest BCUT2D eigenvalue weighted by molar-refractivity contribution is 6.05. The van der Waals surface area contributed by atoms with E-state index in [0.717, 1.165) is 61.0 Å². The van der Waals surface area contributed by atoms with Gasteiger partial charge in [0.2, 0.25) is 0 Å². The van der Waals surface area contributed by atoms with Gasteiger partial charge in [-0.15, -0.1) is 0 Å². The predicted molar refractivity (Wildman–Crippen MR) is 138 cm³/mol. The molecule has 0 radical (unpaired) electrons. The largest absolute Gasteiger partial charge is 0.497 e. The predicted octanol–water partition coefficient (Wildman–Crippen LogP) is 6.67. The fraction of sp³-hybridized carbons (Fsp3) is 0.355. The molecule has 0 bridgehead atoms. The standard InChI is InChI=1S/C31H32O4.H2/c1-34-26-11-8-23(9-12-26)28-29(32)27-13-10-24(30(33)35-2)19-25(27)20-31(28)16-14-22(15-17-31)18-21-6-4-3-5-7-21;/h3-13,19,22,28H,14-18,20H2,1-2H3;1H. The Morgan fingerprint density at radius 2 is 1.69 bits per heavy atom. The average Bonchev–Trinajstić information content (AvgIpc) is 2.90. The molecule has 1 atom stereocenters. The van der Waals surface area contributed by atoms with Crippen LogP contribution >= 0.6 is 0 Å². The zero-order valence-electron chi connectivity index (χ0n) is 20.5. The minimum absolute atomic E-state index is 0. The Hall–Kier alpha value is -3.40. The lowest BCUT2D eigenvalue weighted by Gasteiger charge is -2.48. The van der Waals surface area contributed by atoms with Crippen molar-refractivity contribution in [3.8, 4) is 5.75 Å². The van der Waals surface area contributed by atoms with Crippen molar-refractivity contribution in [1.82, 2.24) is 0 Å². The highest BCUT2D eigenvalue weighted by atomic mass is 16.5. The van der Waals surface area contributed by atoms with Gasteiger partial charge in [-0.2, -0.15) is 0 Å². The van der Waals surface area contributed by atoms with Gasteiger partial charge in [-0.1, -0.05) is 48.5 Å². The molecule has 35 heavy (non-hydrogen) atoms. The maximum absolute atomic E-state index is 14.0. The lowest BCUT2D eigenvalue weighted by atomic mass is 9.54. The molecule has 0 saturated heterocycles. The first-order valence-corrected chi connectivity index (χ1v) is 12.5. The van der Waals surface area contributed by atoms with E-state index in [4.69, 9.17) is 9.47 Å². The van der Waals surface area contributed by atoms with E-state index in [1.165, 1.54) is 12.7 Å². The second-order valence-corrected chi connectivity index (χ2v) is 10.1. The first kappa shape index (κ1) is 23.3. The number of hydrogen-bond donors (Lipinski definition) is 0. The summed E-state index contributed by atoms with van der Waals surface area (Å²) in [6.07, 6.45) is 6.07. The van der Waals surface area contributed by atoms with Crippen molar-refractivity contribution in [2.24, 2.45) is 11.3 Å². The molecule has 4 nitrogen and oxygen atoms in total. The Kier molecular flexibility index (Phi) is 6.46. The van der Waals surface area contributed by atoms with Gasteiger partial charge in [0.1, 0.15) is 5.75 Å². The summed E-state index contributed by atoms with van der Waals surface area (Å²) in [6, 6.07) is 24.1. The van der Waals surface area contributed by atoms with Crippen molar-refractivity contribution in [2.75, 3.05) is 14.2 Å². The number of Topliss-reactive ketones (excluding diaryl/α,β-unsaturated/α-hetero) is 1. The summed E-state index contributed by atoms with van der Waals surface area (Å²) in [5.41, 5.74) is 4.50. The molecule has 2 aliphatic carbocycles. The Labute approximate surface area is 208 Å². The van der Waals surface area contributed by atoms with Gasteiger partial charge >= 0.3 is 5.97 Å². The van der Waals surface area contributed by atoms with E-state index >= 15 is 0 Å². The smallest absolute Gasteiger partial charge is 0.337 e. The summed E-state index contributed by atoms with van der Waals surface area (Å²) in [7, 11) is 3.05. The van der Waals surface area contributed by atoms with Gasteiger partial charge in [0.05, 0.1) is 25.7 Å². The van der Waals surface area contributed by atoms with Gasteiger partial charge in [0, 0.05) is 6.99 Å². The van der Waals surface area contributed by atoms with Crippen LogP contribution in [0.2, 0.25) is 0 Å². The molecule has 1 spiro atoms. The number of rotatable bonds is 5. The molecular weight excluding hydrogens is 436 g/mol. The van der Waals surface area contributed by atoms with E-state index in [2.05, 4.69) is 30.3 Å². The molecule has 0 aromatic heterocycles. The van der Waals surface area contributed by atoms with Gasteiger partial charge < -0.3 is 9.47 Å². The molecule has 0 aliphatic heterocycles. The molecule has 0 heterocycles. The van der Waals surface area contributed by atoms with Crippen molar-refractivity contribution < 1.29 is 20.5 Å². The molecule has 5 rings (SSSR count). The second-order valence-electron chi connectivity index (χ2n) is 10.1. The minimum Gasteiger partial charge on any atom is -0.497 e. The lowest BCUT2D eigenvalue weighted by molar-refractivity contribution is 0.0595. The molecule has 3 aromatic rings. The molecule has 0 amide bonds. The van der Waals surface area contributed by atoms with Crippen LogP contribution in [0.3, 0.4) is 0 Å². The first-order valence-electron chi connectivity index (χ1n) is 12.5. The second kappa shape index (κ2) is 9.69. The minimum atomic E-state index is -0.363. The summed E-state index contributed by atoms with van der Waals surface area (Å²) in [5.74, 6) is 1.02. The number of fused-ring (bicyclic) bond motifs is 1. The van der Waals surface area contributed by atoms with Gasteiger partial charge in [-0.3, -0.25) is 4.79 Å². The average molecular weight is 471 g/mol. The zero-order valence-corrected chi connectivity index (χ0v) is 20.5. The van der Waals surface area contributed by atoms with Gasteiger partial charge in [-0.05, 0) is 90.8 Å². The van der Waals surface area contributed by atoms with Crippen molar-refractivity contribution in [2.45, 2.75) is 44.4 Å². The Morgan fingerprint density at radius 1 is 0.971 bits per heavy atom. The van der Waals surface area contributed by atoms with Gasteiger partial charge in [-0.25, -0.2) is 4.79 Å². The highest BCUT2D eigenvalue weighted by Gasteiger charge is 2.49. The number of methoxy groups -OCH3 is 2. The van der Waals surface area contributed by atoms with Crippen LogP contribution in [0.4, 0.5) is 0 Å². The van der Waals surface area contributed by atoms with E-state index in [0.29, 0.717) is 11.5 Å². The lowest BCUT2D eigenvalue weighted by Crippen LogP contribution is -2.43. The number of esters is 1. The number of benzene rings is 3. The molecule has 1 unspecified atom stereocenters. The Bertz CT molecular complexity index is 1210. The molecule has 3 aromatic carbocycles. The Morgan fingerprint density at radius 3 is 2.34 bits per heavy atom. The van der Waals surface area contributed by atoms with E-state index in [9.17, 15) is 9.59 Å². The number of ketones is 1. The third kappa shape index (κ3) is 4.50. The summed E-state index contributed by atoms with van der Waals surface area (Å²) in [5, 5.41) is 0. The quantitative estimate of drug-likeness (QED) is 0.391. The van der Waals surface area contributed by atoms with Crippen LogP contribution in [0, 0.1) is 11.3 Å². The van der Waals surface area contributed by atoms with E-state index in [1.54, 1.807) is 13.2 Å². The number of carbonyl (C=O) groups is 2. The normalized spacial score (nSPS) is 23.5. The number of carbonyl (C=O) groups excluding carboxylic acids is 2. The van der Waals surface area contributed by atoms with Crippen LogP contribution < -0.4 is 4.74 Å². The van der Waals surface area contributed by atoms with Crippen LogP contribution in [-0.4, -0.2) is 26.0 Å². The maximum atomic E-state index is 14.0. The van der Waals surface area contributed by atoms with Crippen molar-refractivity contribution in [3.05, 3.63) is 101 Å². The van der Waals surface area contributed by atoms with E-state index in [-0.39, 0.29) is 24.5 Å². The summed E-state index contributed by atoms with van der Waals surface area (Å²) in [6.45, 7) is 0. The van der Waals surface area contributed by atoms with Crippen molar-refractivity contribution in [3.63, 3.8) is 0 Å². The van der Waals surface area contributed by atoms with E-state index in [1.807, 2.05) is 36.4 Å². The molecule has 1 saturated carbocycles. The van der Waals surface area contributed by atoms with Crippen LogP contribution in [0.25, 0.3) is 0 Å². The van der Waals surface area contributed by atoms with Crippen molar-refractivity contribution in [1.29, 1.82) is 0 Å². The topological polar surface area (TPSA) is 52.6 Å². The third-order valence-corrected chi connectivity index (χ3v) is 8.13. The first-order chi connectivity index (χ1) is 17.0. The summed E-state index contributed by atoms with van der Waals surface area (Å²) in [4.78, 5) is 26.2. The van der Waals surface area contributed by atoms with Crippen molar-refractivity contribution >= 4 is 11.8 Å². The highest BCUT2D eigenvalue weighted by Crippen LogP contribution is 2.55. The third-order valence-electron chi connectivity index (χ3n) is 8.13. The van der Waals surface area contributed by atoms with Gasteiger partial charge in [0.25, 0.3) is 0 Å². The Balaban J connectivity index is 0.00000304. The monoisotopic (exact) mass is 470 g/mol. The molecule has 1 fully saturated rings.